The number of carbonyl (C=O) groups excluding carboxylic acids is 4. The van der Waals surface area contributed by atoms with Crippen LogP contribution in [0.4, 0.5) is 0 Å². The Bertz CT molecular complexity index is 1190. The van der Waals surface area contributed by atoms with Crippen LogP contribution in [0, 0.1) is 0 Å². The summed E-state index contributed by atoms with van der Waals surface area (Å²) in [6.45, 7) is -1.17. The molecule has 1 saturated heterocycles. The highest BCUT2D eigenvalue weighted by atomic mass is 31.2. The van der Waals surface area contributed by atoms with Gasteiger partial charge in [0, 0.05) is 56.9 Å². The summed E-state index contributed by atoms with van der Waals surface area (Å²) in [5.74, 6) is -2.82. The maximum Gasteiger partial charge on any atom is 0.696 e. The van der Waals surface area contributed by atoms with Crippen LogP contribution in [-0.2, 0) is 42.0 Å². The second-order valence-electron chi connectivity index (χ2n) is 10.5. The Morgan fingerprint density at radius 2 is 0.750 bits per heavy atom. The first-order chi connectivity index (χ1) is 22.1. The molecule has 1 heterocycles. The fourth-order valence-electron chi connectivity index (χ4n) is 3.99. The molecule has 0 spiro atoms. The van der Waals surface area contributed by atoms with Crippen LogP contribution in [-0.4, -0.2) is 182 Å². The van der Waals surface area contributed by atoms with Gasteiger partial charge in [0.1, 0.15) is 18.9 Å². The molecule has 1 rings (SSSR count). The van der Waals surface area contributed by atoms with Crippen LogP contribution in [0.2, 0.25) is 0 Å². The highest BCUT2D eigenvalue weighted by Crippen LogP contribution is 2.33. The zero-order valence-electron chi connectivity index (χ0n) is 25.7. The minimum absolute atomic E-state index is 0.0739. The Morgan fingerprint density at radius 3 is 0.958 bits per heavy atom. The molecule has 0 radical (unpaired) electrons. The van der Waals surface area contributed by atoms with E-state index < -0.39 is 80.3 Å². The Kier molecular flexibility index (Phi) is 19.7. The van der Waals surface area contributed by atoms with E-state index in [1.807, 2.05) is 0 Å². The van der Waals surface area contributed by atoms with Crippen molar-refractivity contribution in [3.05, 3.63) is 0 Å². The maximum absolute atomic E-state index is 12.5. The molecule has 24 nitrogen and oxygen atoms in total. The maximum atomic E-state index is 12.5. The average Bonchev–Trinajstić information content (AvgIpc) is 2.93. The van der Waals surface area contributed by atoms with Gasteiger partial charge < -0.3 is 50.6 Å². The molecule has 0 aromatic rings. The number of nitrogens with one attached hydrogen (secondary N) is 4. The lowest BCUT2D eigenvalue weighted by Crippen LogP contribution is -2.51. The van der Waals surface area contributed by atoms with Gasteiger partial charge in [0.25, 0.3) is 0 Å². The van der Waals surface area contributed by atoms with Crippen LogP contribution in [0.3, 0.4) is 0 Å². The summed E-state index contributed by atoms with van der Waals surface area (Å²) in [6, 6.07) is 0. The smallest absolute Gasteiger partial charge is 0.343 e. The minimum atomic E-state index is -4.56. The largest absolute Gasteiger partial charge is 0.696 e. The second kappa shape index (κ2) is 21.4. The van der Waals surface area contributed by atoms with E-state index in [2.05, 4.69) is 25.8 Å². The van der Waals surface area contributed by atoms with Crippen LogP contribution < -0.4 is 21.3 Å². The quantitative estimate of drug-likeness (QED) is 0.0485. The highest BCUT2D eigenvalue weighted by Gasteiger charge is 2.24. The molecule has 1 unspecified atom stereocenters. The number of carbonyl (C=O) groups is 4. The third-order valence-electron chi connectivity index (χ3n) is 6.29. The molecule has 4 amide bonds. The van der Waals surface area contributed by atoms with Gasteiger partial charge >= 0.3 is 31.0 Å². The SMILES string of the molecule is O=C(CN1CCN(CC(=O)NCP(=O)(O)O)CCN(CC(=O)NCP(=O)(O)O)CCN(CC(=O)NCP(=O)(O)O)CC1)NCO[P+](=O)O. The van der Waals surface area contributed by atoms with E-state index in [1.165, 1.54) is 0 Å². The molecule has 1 aliphatic heterocycles. The predicted molar refractivity (Wildman–Crippen MR) is 165 cm³/mol. The standard InChI is InChI=1S/C20H42N8O16P4/c29-17(21-13-44-45(33)34)9-25-1-3-26(10-18(30)22-14-46(35,36)37)5-7-28(12-20(32)24-16-48(41,42)43)8-6-27(4-2-25)11-19(31)23-15-47(38,39)40/h1-16H2,(H10-,21,22,23,24,29,30,31,32,33,34,35,36,37,38,39,40,41,42,43)/p+1. The monoisotopic (exact) mass is 775 g/mol. The summed E-state index contributed by atoms with van der Waals surface area (Å²) in [5, 5.41) is 8.67. The van der Waals surface area contributed by atoms with Gasteiger partial charge in [-0.25, -0.2) is 0 Å². The first kappa shape index (κ1) is 44.2. The van der Waals surface area contributed by atoms with E-state index in [9.17, 15) is 37.4 Å². The first-order valence-corrected chi connectivity index (χ1v) is 20.5. The van der Waals surface area contributed by atoms with Gasteiger partial charge in [0.2, 0.25) is 23.6 Å². The van der Waals surface area contributed by atoms with Gasteiger partial charge in [0.15, 0.2) is 6.73 Å². The highest BCUT2D eigenvalue weighted by molar-refractivity contribution is 7.52. The van der Waals surface area contributed by atoms with E-state index in [0.29, 0.717) is 0 Å². The van der Waals surface area contributed by atoms with Crippen LogP contribution in [0.5, 0.6) is 0 Å². The fraction of sp³-hybridized carbons (Fsp3) is 0.800. The Labute approximate surface area is 275 Å². The van der Waals surface area contributed by atoms with Gasteiger partial charge in [-0.05, 0) is 0 Å². The van der Waals surface area contributed by atoms with E-state index in [-0.39, 0.29) is 78.5 Å². The van der Waals surface area contributed by atoms with Crippen LogP contribution in [0.15, 0.2) is 0 Å². The average molecular weight is 776 g/mol. The number of hydrogen-bond acceptors (Lipinski definition) is 13. The molecular weight excluding hydrogens is 732 g/mol. The van der Waals surface area contributed by atoms with Crippen molar-refractivity contribution in [1.82, 2.24) is 40.9 Å². The molecule has 0 saturated carbocycles. The minimum Gasteiger partial charge on any atom is -0.343 e. The number of hydrogen-bond donors (Lipinski definition) is 11. The normalized spacial score (nSPS) is 17.4. The van der Waals surface area contributed by atoms with Crippen molar-refractivity contribution in [2.45, 2.75) is 0 Å². The third-order valence-corrected chi connectivity index (χ3v) is 8.35. The van der Waals surface area contributed by atoms with E-state index in [4.69, 9.17) is 34.3 Å². The lowest BCUT2D eigenvalue weighted by molar-refractivity contribution is -0.125. The molecule has 278 valence electrons. The first-order valence-electron chi connectivity index (χ1n) is 14.0. The summed E-state index contributed by atoms with van der Waals surface area (Å²) in [4.78, 5) is 120. The molecule has 0 aromatic carbocycles. The summed E-state index contributed by atoms with van der Waals surface area (Å²) >= 11 is 0. The molecule has 0 bridgehead atoms. The zero-order valence-corrected chi connectivity index (χ0v) is 29.3. The Hall–Kier alpha value is -1.81. The van der Waals surface area contributed by atoms with Gasteiger partial charge in [-0.15, -0.1) is 4.89 Å². The molecule has 48 heavy (non-hydrogen) atoms. The summed E-state index contributed by atoms with van der Waals surface area (Å²) in [7, 11) is -16.6. The van der Waals surface area contributed by atoms with Crippen molar-refractivity contribution >= 4 is 54.7 Å². The summed E-state index contributed by atoms with van der Waals surface area (Å²) in [6.07, 6.45) is -2.72. The van der Waals surface area contributed by atoms with Crippen molar-refractivity contribution in [3.63, 3.8) is 0 Å². The lowest BCUT2D eigenvalue weighted by atomic mass is 10.3. The number of nitrogens with zero attached hydrogens (tertiary/aromatic N) is 4. The number of amides is 4. The predicted octanol–water partition coefficient (Wildman–Crippen LogP) is -5.30. The van der Waals surface area contributed by atoms with Crippen molar-refractivity contribution in [2.24, 2.45) is 0 Å². The topological polar surface area (TPSA) is 348 Å². The van der Waals surface area contributed by atoms with E-state index in [0.717, 1.165) is 0 Å². The third kappa shape index (κ3) is 24.3. The van der Waals surface area contributed by atoms with Crippen molar-refractivity contribution in [3.8, 4) is 0 Å². The zero-order chi connectivity index (χ0) is 36.5. The van der Waals surface area contributed by atoms with E-state index in [1.54, 1.807) is 19.6 Å². The molecular formula is C20H43N8O16P4+. The number of rotatable bonds is 17. The Morgan fingerprint density at radius 1 is 0.521 bits per heavy atom. The van der Waals surface area contributed by atoms with Crippen molar-refractivity contribution in [1.29, 1.82) is 0 Å². The molecule has 0 aliphatic carbocycles. The summed E-state index contributed by atoms with van der Waals surface area (Å²) in [5.41, 5.74) is 0. The van der Waals surface area contributed by atoms with Gasteiger partial charge in [0.05, 0.1) is 26.2 Å². The van der Waals surface area contributed by atoms with Gasteiger partial charge in [-0.3, -0.25) is 52.5 Å². The molecule has 1 atom stereocenters. The second-order valence-corrected chi connectivity index (χ2v) is 16.2. The fourth-order valence-corrected chi connectivity index (χ4v) is 5.31. The van der Waals surface area contributed by atoms with Gasteiger partial charge in [-0.1, -0.05) is 4.52 Å². The van der Waals surface area contributed by atoms with Crippen LogP contribution >= 0.6 is 31.0 Å². The molecule has 0 aromatic heterocycles. The molecule has 28 heteroatoms. The summed E-state index contributed by atoms with van der Waals surface area (Å²) < 4.78 is 48.8. The van der Waals surface area contributed by atoms with Crippen molar-refractivity contribution in [2.75, 3.05) is 104 Å². The lowest BCUT2D eigenvalue weighted by Gasteiger charge is -2.33. The Balaban J connectivity index is 3.19. The van der Waals surface area contributed by atoms with Crippen LogP contribution in [0.25, 0.3) is 0 Å². The van der Waals surface area contributed by atoms with Crippen molar-refractivity contribution < 1.29 is 76.2 Å². The van der Waals surface area contributed by atoms with Gasteiger partial charge in [-0.2, -0.15) is 0 Å². The van der Waals surface area contributed by atoms with Crippen LogP contribution in [0.1, 0.15) is 0 Å². The molecule has 1 aliphatic rings. The van der Waals surface area contributed by atoms with E-state index >= 15 is 0 Å². The molecule has 11 N–H and O–H groups in total. The molecule has 1 fully saturated rings.